The summed E-state index contributed by atoms with van der Waals surface area (Å²) in [4.78, 5) is 21.9. The van der Waals surface area contributed by atoms with Crippen molar-refractivity contribution in [3.8, 4) is 0 Å². The van der Waals surface area contributed by atoms with Gasteiger partial charge in [-0.3, -0.25) is 0 Å². The van der Waals surface area contributed by atoms with Crippen LogP contribution in [-0.2, 0) is 19.1 Å². The molecule has 0 aromatic carbocycles. The molecule has 0 saturated carbocycles. The van der Waals surface area contributed by atoms with E-state index in [0.29, 0.717) is 12.3 Å². The van der Waals surface area contributed by atoms with Crippen LogP contribution < -0.4 is 0 Å². The van der Waals surface area contributed by atoms with Gasteiger partial charge in [-0.1, -0.05) is 20.8 Å². The van der Waals surface area contributed by atoms with Gasteiger partial charge in [-0.05, 0) is 25.2 Å². The van der Waals surface area contributed by atoms with Crippen molar-refractivity contribution in [3.05, 3.63) is 0 Å². The molecule has 88 valence electrons. The minimum atomic E-state index is -0.888. The normalized spacial score (nSPS) is 10.1. The van der Waals surface area contributed by atoms with Gasteiger partial charge in [0.25, 0.3) is 0 Å². The maximum Gasteiger partial charge on any atom is 0.417 e. The lowest BCUT2D eigenvalue weighted by Gasteiger charge is -2.06. The highest BCUT2D eigenvalue weighted by Crippen LogP contribution is 2.03. The summed E-state index contributed by atoms with van der Waals surface area (Å²) in [5.41, 5.74) is 0. The molecule has 0 bridgehead atoms. The predicted octanol–water partition coefficient (Wildman–Crippen LogP) is 1.92. The van der Waals surface area contributed by atoms with Gasteiger partial charge in [0, 0.05) is 0 Å². The molecule has 4 nitrogen and oxygen atoms in total. The Hall–Kier alpha value is -1.06. The van der Waals surface area contributed by atoms with Gasteiger partial charge >= 0.3 is 11.9 Å². The Morgan fingerprint density at radius 2 is 1.60 bits per heavy atom. The Kier molecular flexibility index (Phi) is 7.68. The van der Waals surface area contributed by atoms with Crippen molar-refractivity contribution in [2.75, 3.05) is 13.2 Å². The highest BCUT2D eigenvalue weighted by molar-refractivity contribution is 6.29. The van der Waals surface area contributed by atoms with E-state index in [-0.39, 0.29) is 13.2 Å². The molecule has 0 atom stereocenters. The number of hydrogen-bond acceptors (Lipinski definition) is 4. The van der Waals surface area contributed by atoms with E-state index in [2.05, 4.69) is 18.6 Å². The van der Waals surface area contributed by atoms with Crippen molar-refractivity contribution < 1.29 is 19.1 Å². The number of rotatable bonds is 6. The summed E-state index contributed by atoms with van der Waals surface area (Å²) in [5, 5.41) is 0. The van der Waals surface area contributed by atoms with Crippen LogP contribution in [0.4, 0.5) is 0 Å². The molecule has 0 rings (SSSR count). The second-order valence-corrected chi connectivity index (χ2v) is 3.81. The molecule has 0 aliphatic heterocycles. The molecule has 0 aliphatic carbocycles. The number of hydrogen-bond donors (Lipinski definition) is 0. The van der Waals surface area contributed by atoms with Crippen LogP contribution in [0, 0.1) is 5.92 Å². The summed E-state index contributed by atoms with van der Waals surface area (Å²) in [7, 11) is 0. The Bertz CT molecular complexity index is 199. The maximum absolute atomic E-state index is 11.0. The Morgan fingerprint density at radius 3 is 2.07 bits per heavy atom. The number of carbonyl (C=O) groups excluding carboxylic acids is 2. The van der Waals surface area contributed by atoms with E-state index < -0.39 is 11.9 Å². The van der Waals surface area contributed by atoms with E-state index >= 15 is 0 Å². The first-order chi connectivity index (χ1) is 7.07. The van der Waals surface area contributed by atoms with Crippen LogP contribution >= 0.6 is 0 Å². The summed E-state index contributed by atoms with van der Waals surface area (Å²) in [6.45, 7) is 6.61. The average Bonchev–Trinajstić information content (AvgIpc) is 2.20. The van der Waals surface area contributed by atoms with Gasteiger partial charge in [0.1, 0.15) is 0 Å². The van der Waals surface area contributed by atoms with Crippen molar-refractivity contribution in [1.82, 2.24) is 0 Å². The van der Waals surface area contributed by atoms with Gasteiger partial charge in [0.2, 0.25) is 0 Å². The fourth-order valence-corrected chi connectivity index (χ4v) is 0.969. The first-order valence-electron chi connectivity index (χ1n) is 5.41. The van der Waals surface area contributed by atoms with Gasteiger partial charge < -0.3 is 9.47 Å². The molecule has 0 radical (unpaired) electrons. The summed E-state index contributed by atoms with van der Waals surface area (Å²) >= 11 is 0. The van der Waals surface area contributed by atoms with E-state index in [1.165, 1.54) is 0 Å². The standard InChI is InChI=1S/C11H20O4/c1-4-7-14-10(12)11(13)15-8-5-6-9(2)3/h9H,4-8H2,1-3H3. The minimum absolute atomic E-state index is 0.264. The predicted molar refractivity (Wildman–Crippen MR) is 56.3 cm³/mol. The molecule has 0 spiro atoms. The lowest BCUT2D eigenvalue weighted by atomic mass is 10.1. The van der Waals surface area contributed by atoms with E-state index in [4.69, 9.17) is 4.74 Å². The lowest BCUT2D eigenvalue weighted by Crippen LogP contribution is -2.21. The van der Waals surface area contributed by atoms with Crippen molar-refractivity contribution in [2.45, 2.75) is 40.0 Å². The second kappa shape index (κ2) is 8.26. The molecule has 4 heteroatoms. The molecule has 15 heavy (non-hydrogen) atoms. The fraction of sp³-hybridized carbons (Fsp3) is 0.818. The summed E-state index contributed by atoms with van der Waals surface area (Å²) < 4.78 is 9.36. The van der Waals surface area contributed by atoms with E-state index in [1.807, 2.05) is 6.92 Å². The largest absolute Gasteiger partial charge is 0.457 e. The van der Waals surface area contributed by atoms with Crippen molar-refractivity contribution in [2.24, 2.45) is 5.92 Å². The first-order valence-corrected chi connectivity index (χ1v) is 5.41. The summed E-state index contributed by atoms with van der Waals surface area (Å²) in [6, 6.07) is 0. The lowest BCUT2D eigenvalue weighted by molar-refractivity contribution is -0.167. The van der Waals surface area contributed by atoms with Gasteiger partial charge in [-0.15, -0.1) is 0 Å². The van der Waals surface area contributed by atoms with Crippen LogP contribution in [0.15, 0.2) is 0 Å². The molecule has 0 saturated heterocycles. The van der Waals surface area contributed by atoms with Crippen molar-refractivity contribution in [3.63, 3.8) is 0 Å². The van der Waals surface area contributed by atoms with Crippen molar-refractivity contribution in [1.29, 1.82) is 0 Å². The Balaban J connectivity index is 3.51. The third-order valence-corrected chi connectivity index (χ3v) is 1.76. The first kappa shape index (κ1) is 13.9. The van der Waals surface area contributed by atoms with Gasteiger partial charge in [-0.2, -0.15) is 0 Å². The second-order valence-electron chi connectivity index (χ2n) is 3.81. The summed E-state index contributed by atoms with van der Waals surface area (Å²) in [6.07, 6.45) is 2.47. The van der Waals surface area contributed by atoms with E-state index in [0.717, 1.165) is 12.8 Å². The van der Waals surface area contributed by atoms with Gasteiger partial charge in [0.15, 0.2) is 0 Å². The van der Waals surface area contributed by atoms with Crippen LogP contribution in [-0.4, -0.2) is 25.2 Å². The molecule has 0 amide bonds. The summed E-state index contributed by atoms with van der Waals surface area (Å²) in [5.74, 6) is -1.19. The highest BCUT2D eigenvalue weighted by Gasteiger charge is 2.16. The number of esters is 2. The van der Waals surface area contributed by atoms with E-state index in [1.54, 1.807) is 0 Å². The van der Waals surface area contributed by atoms with Crippen LogP contribution in [0.3, 0.4) is 0 Å². The zero-order valence-electron chi connectivity index (χ0n) is 9.75. The number of ether oxygens (including phenoxy) is 2. The Labute approximate surface area is 90.9 Å². The quantitative estimate of drug-likeness (QED) is 0.386. The van der Waals surface area contributed by atoms with Crippen LogP contribution in [0.25, 0.3) is 0 Å². The Morgan fingerprint density at radius 1 is 1.07 bits per heavy atom. The maximum atomic E-state index is 11.0. The highest BCUT2D eigenvalue weighted by atomic mass is 16.6. The third-order valence-electron chi connectivity index (χ3n) is 1.76. The van der Waals surface area contributed by atoms with Crippen molar-refractivity contribution >= 4 is 11.9 Å². The molecule has 0 aliphatic rings. The van der Waals surface area contributed by atoms with E-state index in [9.17, 15) is 9.59 Å². The molecule has 0 unspecified atom stereocenters. The molecule has 0 fully saturated rings. The molecule has 0 aromatic heterocycles. The monoisotopic (exact) mass is 216 g/mol. The third kappa shape index (κ3) is 7.97. The number of carbonyl (C=O) groups is 2. The van der Waals surface area contributed by atoms with Crippen LogP contribution in [0.2, 0.25) is 0 Å². The van der Waals surface area contributed by atoms with Gasteiger partial charge in [-0.25, -0.2) is 9.59 Å². The average molecular weight is 216 g/mol. The minimum Gasteiger partial charge on any atom is -0.457 e. The molecule has 0 N–H and O–H groups in total. The zero-order chi connectivity index (χ0) is 11.7. The molecular weight excluding hydrogens is 196 g/mol. The fourth-order valence-electron chi connectivity index (χ4n) is 0.969. The van der Waals surface area contributed by atoms with Crippen LogP contribution in [0.1, 0.15) is 40.0 Å². The van der Waals surface area contributed by atoms with Crippen LogP contribution in [0.5, 0.6) is 0 Å². The zero-order valence-corrected chi connectivity index (χ0v) is 9.75. The SMILES string of the molecule is CCCOC(=O)C(=O)OCCCC(C)C. The van der Waals surface area contributed by atoms with Gasteiger partial charge in [0.05, 0.1) is 13.2 Å². The topological polar surface area (TPSA) is 52.6 Å². The smallest absolute Gasteiger partial charge is 0.417 e. The molecule has 0 aromatic rings. The molecule has 0 heterocycles. The molecular formula is C11H20O4.